The fourth-order valence-electron chi connectivity index (χ4n) is 3.88. The van der Waals surface area contributed by atoms with Crippen molar-refractivity contribution >= 4 is 25.5 Å². The van der Waals surface area contributed by atoms with Gasteiger partial charge >= 0.3 is 7.82 Å². The van der Waals surface area contributed by atoms with E-state index in [0.717, 1.165) is 4.90 Å². The van der Waals surface area contributed by atoms with Crippen molar-refractivity contribution in [3.05, 3.63) is 12.2 Å². The van der Waals surface area contributed by atoms with Gasteiger partial charge in [-0.25, -0.2) is 4.57 Å². The topological polar surface area (TPSA) is 150 Å². The quantitative estimate of drug-likeness (QED) is 0.192. The molecule has 1 saturated heterocycles. The average molecular weight is 535 g/mol. The molecule has 36 heavy (non-hydrogen) atoms. The van der Waals surface area contributed by atoms with E-state index in [-0.39, 0.29) is 31.6 Å². The number of nitrogens with zero attached hydrogens (tertiary/aromatic N) is 1. The van der Waals surface area contributed by atoms with Crippen LogP contribution in [-0.4, -0.2) is 90.4 Å². The first-order valence-electron chi connectivity index (χ1n) is 12.0. The van der Waals surface area contributed by atoms with E-state index < -0.39 is 49.7 Å². The molecule has 2 aliphatic heterocycles. The fourth-order valence-corrected chi connectivity index (χ4v) is 5.17. The van der Waals surface area contributed by atoms with Gasteiger partial charge in [-0.05, 0) is 47.5 Å². The molecule has 2 N–H and O–H groups in total. The SMILES string of the molecule is CO[C@H]1C(OP(=O)(O)OC(C)(C)C)[C@@H](COC(C)C)O[C@H]1CCCNC(=O)CCN1C(=O)C=CC1=O. The Kier molecular flexibility index (Phi) is 11.2. The largest absolute Gasteiger partial charge is 0.473 e. The summed E-state index contributed by atoms with van der Waals surface area (Å²) in [6.07, 6.45) is 0.565. The second kappa shape index (κ2) is 13.2. The zero-order chi connectivity index (χ0) is 27.1. The van der Waals surface area contributed by atoms with Gasteiger partial charge in [0.1, 0.15) is 18.3 Å². The molecule has 2 heterocycles. The summed E-state index contributed by atoms with van der Waals surface area (Å²) in [5.41, 5.74) is -0.903. The predicted molar refractivity (Wildman–Crippen MR) is 129 cm³/mol. The Bertz CT molecular complexity index is 838. The maximum absolute atomic E-state index is 12.6. The Labute approximate surface area is 212 Å². The van der Waals surface area contributed by atoms with Crippen LogP contribution in [0.15, 0.2) is 12.2 Å². The number of methoxy groups -OCH3 is 1. The molecule has 0 bridgehead atoms. The number of carbonyl (C=O) groups is 3. The highest BCUT2D eigenvalue weighted by atomic mass is 31.2. The molecule has 2 aliphatic rings. The van der Waals surface area contributed by atoms with Crippen molar-refractivity contribution in [1.82, 2.24) is 10.2 Å². The molecule has 12 nitrogen and oxygen atoms in total. The summed E-state index contributed by atoms with van der Waals surface area (Å²) >= 11 is 0. The molecule has 0 aromatic heterocycles. The molecule has 2 unspecified atom stereocenters. The maximum Gasteiger partial charge on any atom is 0.473 e. The summed E-state index contributed by atoms with van der Waals surface area (Å²) in [5.74, 6) is -1.14. The first-order valence-corrected chi connectivity index (χ1v) is 13.5. The third kappa shape index (κ3) is 9.66. The van der Waals surface area contributed by atoms with Gasteiger partial charge in [0.25, 0.3) is 11.8 Å². The van der Waals surface area contributed by atoms with Crippen LogP contribution in [0, 0.1) is 0 Å². The zero-order valence-corrected chi connectivity index (χ0v) is 22.7. The monoisotopic (exact) mass is 534 g/mol. The third-order valence-electron chi connectivity index (χ3n) is 5.37. The number of phosphoric acid groups is 1. The number of carbonyl (C=O) groups excluding carboxylic acids is 3. The van der Waals surface area contributed by atoms with Crippen molar-refractivity contribution in [2.24, 2.45) is 0 Å². The number of rotatable bonds is 14. The van der Waals surface area contributed by atoms with Crippen molar-refractivity contribution in [2.75, 3.05) is 26.8 Å². The summed E-state index contributed by atoms with van der Waals surface area (Å²) in [4.78, 5) is 46.5. The Hall–Kier alpha value is -1.66. The number of phosphoric ester groups is 1. The van der Waals surface area contributed by atoms with Crippen molar-refractivity contribution in [3.63, 3.8) is 0 Å². The Morgan fingerprint density at radius 2 is 1.83 bits per heavy atom. The van der Waals surface area contributed by atoms with Crippen LogP contribution in [-0.2, 0) is 42.2 Å². The van der Waals surface area contributed by atoms with Gasteiger partial charge in [-0.3, -0.25) is 28.3 Å². The highest BCUT2D eigenvalue weighted by Gasteiger charge is 2.49. The number of nitrogens with one attached hydrogen (secondary N) is 1. The van der Waals surface area contributed by atoms with Crippen LogP contribution in [0.4, 0.5) is 0 Å². The number of hydrogen-bond donors (Lipinski definition) is 2. The van der Waals surface area contributed by atoms with Gasteiger partial charge in [0.05, 0.1) is 24.4 Å². The van der Waals surface area contributed by atoms with Gasteiger partial charge < -0.3 is 24.4 Å². The Balaban J connectivity index is 1.89. The lowest BCUT2D eigenvalue weighted by atomic mass is 10.0. The van der Waals surface area contributed by atoms with Gasteiger partial charge in [-0.15, -0.1) is 0 Å². The maximum atomic E-state index is 12.6. The van der Waals surface area contributed by atoms with E-state index in [0.29, 0.717) is 19.4 Å². The van der Waals surface area contributed by atoms with Crippen molar-refractivity contribution in [3.8, 4) is 0 Å². The minimum absolute atomic E-state index is 0.00385. The van der Waals surface area contributed by atoms with Crippen LogP contribution in [0.5, 0.6) is 0 Å². The number of hydrogen-bond acceptors (Lipinski definition) is 9. The molecule has 0 spiro atoms. The summed E-state index contributed by atoms with van der Waals surface area (Å²) in [6, 6.07) is 0. The molecule has 13 heteroatoms. The zero-order valence-electron chi connectivity index (χ0n) is 21.8. The highest BCUT2D eigenvalue weighted by Crippen LogP contribution is 2.50. The van der Waals surface area contributed by atoms with Crippen molar-refractivity contribution in [1.29, 1.82) is 0 Å². The molecule has 5 atom stereocenters. The molecule has 2 rings (SSSR count). The Morgan fingerprint density at radius 1 is 1.19 bits per heavy atom. The lowest BCUT2D eigenvalue weighted by molar-refractivity contribution is -0.137. The molecular weight excluding hydrogens is 495 g/mol. The van der Waals surface area contributed by atoms with E-state index in [2.05, 4.69) is 5.32 Å². The van der Waals surface area contributed by atoms with Gasteiger partial charge in [-0.2, -0.15) is 0 Å². The second-order valence-electron chi connectivity index (χ2n) is 9.94. The standard InChI is InChI=1S/C23H39N2O10P/c1-15(2)32-14-17-22(34-36(29,30)35-23(3,4)5)21(31-6)16(33-17)8-7-12-24-18(26)11-13-25-19(27)9-10-20(25)28/h9-10,15-17,21-22H,7-8,11-14H2,1-6H3,(H,24,26)(H,29,30)/t16-,17+,21+,22?/m0/s1. The van der Waals surface area contributed by atoms with Crippen LogP contribution in [0.3, 0.4) is 0 Å². The first-order chi connectivity index (χ1) is 16.7. The van der Waals surface area contributed by atoms with E-state index in [4.69, 9.17) is 23.3 Å². The van der Waals surface area contributed by atoms with Crippen LogP contribution in [0.1, 0.15) is 53.9 Å². The first kappa shape index (κ1) is 30.6. The third-order valence-corrected chi connectivity index (χ3v) is 6.66. The number of ether oxygens (including phenoxy) is 3. The van der Waals surface area contributed by atoms with Crippen molar-refractivity contribution < 1.29 is 47.1 Å². The fraction of sp³-hybridized carbons (Fsp3) is 0.783. The molecule has 206 valence electrons. The summed E-state index contributed by atoms with van der Waals surface area (Å²) in [7, 11) is -2.96. The van der Waals surface area contributed by atoms with Gasteiger partial charge in [0.2, 0.25) is 5.91 Å². The molecule has 0 saturated carbocycles. The highest BCUT2D eigenvalue weighted by molar-refractivity contribution is 7.47. The lowest BCUT2D eigenvalue weighted by Gasteiger charge is -2.28. The minimum atomic E-state index is -4.42. The lowest BCUT2D eigenvalue weighted by Crippen LogP contribution is -2.39. The molecule has 1 fully saturated rings. The van der Waals surface area contributed by atoms with Crippen LogP contribution < -0.4 is 5.32 Å². The molecule has 0 aromatic carbocycles. The molecule has 0 radical (unpaired) electrons. The summed E-state index contributed by atoms with van der Waals surface area (Å²) < 4.78 is 40.7. The summed E-state index contributed by atoms with van der Waals surface area (Å²) in [6.45, 7) is 9.15. The number of imide groups is 1. The van der Waals surface area contributed by atoms with E-state index in [1.807, 2.05) is 13.8 Å². The predicted octanol–water partition coefficient (Wildman–Crippen LogP) is 1.71. The molecule has 0 aliphatic carbocycles. The van der Waals surface area contributed by atoms with E-state index >= 15 is 0 Å². The Morgan fingerprint density at radius 3 is 2.39 bits per heavy atom. The van der Waals surface area contributed by atoms with E-state index in [9.17, 15) is 23.8 Å². The van der Waals surface area contributed by atoms with Crippen LogP contribution in [0.2, 0.25) is 0 Å². The molecule has 3 amide bonds. The van der Waals surface area contributed by atoms with E-state index in [1.165, 1.54) is 19.3 Å². The smallest absolute Gasteiger partial charge is 0.376 e. The van der Waals surface area contributed by atoms with E-state index in [1.54, 1.807) is 20.8 Å². The van der Waals surface area contributed by atoms with Crippen LogP contribution >= 0.6 is 7.82 Å². The van der Waals surface area contributed by atoms with Gasteiger partial charge in [-0.1, -0.05) is 0 Å². The molecular formula is C23H39N2O10P. The molecule has 0 aromatic rings. The summed E-state index contributed by atoms with van der Waals surface area (Å²) in [5, 5.41) is 2.75. The van der Waals surface area contributed by atoms with Crippen LogP contribution in [0.25, 0.3) is 0 Å². The van der Waals surface area contributed by atoms with Gasteiger partial charge in [0, 0.05) is 38.8 Å². The van der Waals surface area contributed by atoms with Crippen molar-refractivity contribution in [2.45, 2.75) is 90.0 Å². The average Bonchev–Trinajstić information content (AvgIpc) is 3.24. The number of amides is 3. The minimum Gasteiger partial charge on any atom is -0.376 e. The second-order valence-corrected chi connectivity index (χ2v) is 11.3. The normalized spacial score (nSPS) is 26.2. The van der Waals surface area contributed by atoms with Gasteiger partial charge in [0.15, 0.2) is 0 Å².